The van der Waals surface area contributed by atoms with Crippen LogP contribution >= 0.6 is 0 Å². The zero-order chi connectivity index (χ0) is 20.4. The molecule has 0 spiro atoms. The molecule has 1 aliphatic rings. The molecule has 0 aliphatic carbocycles. The van der Waals surface area contributed by atoms with Crippen LogP contribution in [0.15, 0.2) is 47.3 Å². The highest BCUT2D eigenvalue weighted by Gasteiger charge is 2.21. The highest BCUT2D eigenvalue weighted by molar-refractivity contribution is 5.95. The van der Waals surface area contributed by atoms with E-state index in [1.165, 1.54) is 0 Å². The maximum Gasteiger partial charge on any atom is 0.253 e. The second-order valence-corrected chi connectivity index (χ2v) is 6.97. The maximum atomic E-state index is 12.5. The minimum atomic E-state index is -0.164. The van der Waals surface area contributed by atoms with Crippen LogP contribution in [0, 0.1) is 0 Å². The van der Waals surface area contributed by atoms with E-state index in [2.05, 4.69) is 10.3 Å². The molecule has 1 aliphatic heterocycles. The molecule has 2 heterocycles. The van der Waals surface area contributed by atoms with Crippen molar-refractivity contribution in [3.63, 3.8) is 0 Å². The number of rotatable bonds is 6. The molecule has 3 aromatic rings. The Bertz CT molecular complexity index is 1120. The number of benzene rings is 2. The number of carbonyl (C=O) groups excluding carboxylic acids is 1. The number of anilines is 2. The van der Waals surface area contributed by atoms with Crippen molar-refractivity contribution in [1.29, 1.82) is 0 Å². The molecule has 29 heavy (non-hydrogen) atoms. The molecule has 2 aromatic carbocycles. The predicted octanol–water partition coefficient (Wildman–Crippen LogP) is 3.28. The van der Waals surface area contributed by atoms with Crippen molar-refractivity contribution in [2.24, 2.45) is 0 Å². The summed E-state index contributed by atoms with van der Waals surface area (Å²) in [4.78, 5) is 29.2. The first kappa shape index (κ1) is 18.9. The second kappa shape index (κ2) is 7.87. The van der Waals surface area contributed by atoms with Gasteiger partial charge in [-0.15, -0.1) is 0 Å². The normalized spacial score (nSPS) is 13.7. The van der Waals surface area contributed by atoms with E-state index < -0.39 is 0 Å². The Morgan fingerprint density at radius 1 is 1.07 bits per heavy atom. The summed E-state index contributed by atoms with van der Waals surface area (Å²) in [6.07, 6.45) is 1.48. The van der Waals surface area contributed by atoms with E-state index in [1.807, 2.05) is 36.4 Å². The predicted molar refractivity (Wildman–Crippen MR) is 113 cm³/mol. The lowest BCUT2D eigenvalue weighted by Gasteiger charge is -2.17. The van der Waals surface area contributed by atoms with Crippen LogP contribution in [0.1, 0.15) is 18.4 Å². The minimum absolute atomic E-state index is 0.150. The fraction of sp³-hybridized carbons (Fsp3) is 0.273. The second-order valence-electron chi connectivity index (χ2n) is 6.97. The SMILES string of the molecule is COc1cc2cc(CNc3cccc(N4CCCC4=O)c3)c(=O)[nH]c2cc1OC. The van der Waals surface area contributed by atoms with Crippen LogP contribution in [-0.4, -0.2) is 31.7 Å². The smallest absolute Gasteiger partial charge is 0.253 e. The molecule has 1 aromatic heterocycles. The van der Waals surface area contributed by atoms with Crippen LogP contribution in [0.25, 0.3) is 10.9 Å². The highest BCUT2D eigenvalue weighted by Crippen LogP contribution is 2.31. The Balaban J connectivity index is 1.57. The number of pyridine rings is 1. The van der Waals surface area contributed by atoms with Gasteiger partial charge in [0.05, 0.1) is 19.7 Å². The molecule has 1 fully saturated rings. The molecule has 1 amide bonds. The monoisotopic (exact) mass is 393 g/mol. The first-order chi connectivity index (χ1) is 14.1. The van der Waals surface area contributed by atoms with Gasteiger partial charge < -0.3 is 24.7 Å². The van der Waals surface area contributed by atoms with E-state index in [1.54, 1.807) is 25.2 Å². The van der Waals surface area contributed by atoms with Crippen LogP contribution in [0.4, 0.5) is 11.4 Å². The minimum Gasteiger partial charge on any atom is -0.493 e. The Morgan fingerprint density at radius 2 is 1.86 bits per heavy atom. The van der Waals surface area contributed by atoms with Crippen molar-refractivity contribution in [1.82, 2.24) is 4.98 Å². The molecule has 1 saturated heterocycles. The van der Waals surface area contributed by atoms with E-state index >= 15 is 0 Å². The summed E-state index contributed by atoms with van der Waals surface area (Å²) in [5, 5.41) is 4.14. The van der Waals surface area contributed by atoms with Gasteiger partial charge in [0.25, 0.3) is 5.56 Å². The molecule has 0 unspecified atom stereocenters. The van der Waals surface area contributed by atoms with E-state index in [-0.39, 0.29) is 11.5 Å². The van der Waals surface area contributed by atoms with Crippen molar-refractivity contribution in [3.05, 3.63) is 58.4 Å². The first-order valence-corrected chi connectivity index (χ1v) is 9.51. The number of methoxy groups -OCH3 is 2. The largest absolute Gasteiger partial charge is 0.493 e. The average molecular weight is 393 g/mol. The van der Waals surface area contributed by atoms with E-state index in [4.69, 9.17) is 9.47 Å². The summed E-state index contributed by atoms with van der Waals surface area (Å²) in [6, 6.07) is 13.1. The van der Waals surface area contributed by atoms with Crippen LogP contribution in [0.3, 0.4) is 0 Å². The third-order valence-electron chi connectivity index (χ3n) is 5.14. The number of amides is 1. The van der Waals surface area contributed by atoms with Gasteiger partial charge in [0.2, 0.25) is 5.91 Å². The van der Waals surface area contributed by atoms with Crippen LogP contribution in [-0.2, 0) is 11.3 Å². The third-order valence-corrected chi connectivity index (χ3v) is 5.14. The molecule has 150 valence electrons. The Morgan fingerprint density at radius 3 is 2.59 bits per heavy atom. The molecule has 0 atom stereocenters. The van der Waals surface area contributed by atoms with Crippen molar-refractivity contribution < 1.29 is 14.3 Å². The molecule has 7 nitrogen and oxygen atoms in total. The van der Waals surface area contributed by atoms with Crippen LogP contribution in [0.2, 0.25) is 0 Å². The molecule has 7 heteroatoms. The van der Waals surface area contributed by atoms with Gasteiger partial charge in [-0.2, -0.15) is 0 Å². The quantitative estimate of drug-likeness (QED) is 0.671. The topological polar surface area (TPSA) is 83.7 Å². The first-order valence-electron chi connectivity index (χ1n) is 9.51. The standard InChI is InChI=1S/C22H23N3O4/c1-28-19-10-14-9-15(22(27)24-18(14)12-20(19)29-2)13-23-16-5-3-6-17(11-16)25-8-4-7-21(25)26/h3,5-6,9-12,23H,4,7-8,13H2,1-2H3,(H,24,27). The number of aromatic amines is 1. The number of fused-ring (bicyclic) bond motifs is 1. The molecule has 4 rings (SSSR count). The van der Waals surface area contributed by atoms with Crippen molar-refractivity contribution in [3.8, 4) is 11.5 Å². The number of hydrogen-bond donors (Lipinski definition) is 2. The summed E-state index contributed by atoms with van der Waals surface area (Å²) >= 11 is 0. The van der Waals surface area contributed by atoms with Gasteiger partial charge >= 0.3 is 0 Å². The fourth-order valence-corrected chi connectivity index (χ4v) is 3.61. The summed E-state index contributed by atoms with van der Waals surface area (Å²) < 4.78 is 10.6. The number of nitrogens with zero attached hydrogens (tertiary/aromatic N) is 1. The summed E-state index contributed by atoms with van der Waals surface area (Å²) in [7, 11) is 3.14. The van der Waals surface area contributed by atoms with Crippen LogP contribution in [0.5, 0.6) is 11.5 Å². The van der Waals surface area contributed by atoms with Gasteiger partial charge in [0, 0.05) is 47.9 Å². The lowest BCUT2D eigenvalue weighted by molar-refractivity contribution is -0.117. The molecular weight excluding hydrogens is 370 g/mol. The Kier molecular flexibility index (Phi) is 5.12. The molecule has 2 N–H and O–H groups in total. The Hall–Kier alpha value is -3.48. The van der Waals surface area contributed by atoms with Gasteiger partial charge in [-0.25, -0.2) is 0 Å². The number of carbonyl (C=O) groups is 1. The van der Waals surface area contributed by atoms with Gasteiger partial charge in [-0.1, -0.05) is 6.07 Å². The van der Waals surface area contributed by atoms with Gasteiger partial charge in [-0.3, -0.25) is 9.59 Å². The molecular formula is C22H23N3O4. The maximum absolute atomic E-state index is 12.5. The van der Waals surface area contributed by atoms with Gasteiger partial charge in [-0.05, 0) is 36.8 Å². The summed E-state index contributed by atoms with van der Waals surface area (Å²) in [5.41, 5.74) is 2.86. The Labute approximate surface area is 168 Å². The van der Waals surface area contributed by atoms with Gasteiger partial charge in [0.15, 0.2) is 11.5 Å². The van der Waals surface area contributed by atoms with Crippen molar-refractivity contribution in [2.45, 2.75) is 19.4 Å². The number of nitrogens with one attached hydrogen (secondary N) is 2. The van der Waals surface area contributed by atoms with E-state index in [9.17, 15) is 9.59 Å². The van der Waals surface area contributed by atoms with Crippen molar-refractivity contribution in [2.75, 3.05) is 31.0 Å². The number of aromatic nitrogens is 1. The van der Waals surface area contributed by atoms with E-state index in [0.717, 1.165) is 29.7 Å². The van der Waals surface area contributed by atoms with Crippen LogP contribution < -0.4 is 25.2 Å². The van der Waals surface area contributed by atoms with E-state index in [0.29, 0.717) is 35.5 Å². The molecule has 0 bridgehead atoms. The highest BCUT2D eigenvalue weighted by atomic mass is 16.5. The molecule has 0 saturated carbocycles. The summed E-state index contributed by atoms with van der Waals surface area (Å²) in [6.45, 7) is 1.11. The summed E-state index contributed by atoms with van der Waals surface area (Å²) in [5.74, 6) is 1.32. The zero-order valence-corrected chi connectivity index (χ0v) is 16.5. The third kappa shape index (κ3) is 3.76. The number of hydrogen-bond acceptors (Lipinski definition) is 5. The van der Waals surface area contributed by atoms with Crippen molar-refractivity contribution >= 4 is 28.2 Å². The zero-order valence-electron chi connectivity index (χ0n) is 16.5. The lowest BCUT2D eigenvalue weighted by atomic mass is 10.1. The number of ether oxygens (including phenoxy) is 2. The number of H-pyrrole nitrogens is 1. The lowest BCUT2D eigenvalue weighted by Crippen LogP contribution is -2.23. The van der Waals surface area contributed by atoms with Gasteiger partial charge in [0.1, 0.15) is 0 Å². The molecule has 0 radical (unpaired) electrons. The average Bonchev–Trinajstić information content (AvgIpc) is 3.17. The fourth-order valence-electron chi connectivity index (χ4n) is 3.61.